The lowest BCUT2D eigenvalue weighted by molar-refractivity contribution is 0.193. The average molecular weight is 381 g/mol. The molecule has 1 aliphatic heterocycles. The Kier molecular flexibility index (Phi) is 4.92. The van der Waals surface area contributed by atoms with Crippen molar-refractivity contribution in [2.75, 3.05) is 18.4 Å². The number of carbonyl (C=O) groups excluding carboxylic acids is 1. The second-order valence-electron chi connectivity index (χ2n) is 6.76. The van der Waals surface area contributed by atoms with Crippen molar-refractivity contribution >= 4 is 11.7 Å². The first-order chi connectivity index (χ1) is 13.6. The number of amides is 2. The number of halogens is 1. The molecule has 144 valence electrons. The minimum Gasteiger partial charge on any atom is -0.324 e. The third-order valence-corrected chi connectivity index (χ3v) is 4.90. The van der Waals surface area contributed by atoms with E-state index in [2.05, 4.69) is 15.4 Å². The third kappa shape index (κ3) is 3.80. The van der Waals surface area contributed by atoms with Crippen molar-refractivity contribution in [1.29, 1.82) is 0 Å². The molecule has 1 aromatic heterocycles. The number of rotatable bonds is 3. The molecule has 8 heteroatoms. The van der Waals surface area contributed by atoms with Crippen LogP contribution in [0.15, 0.2) is 59.4 Å². The number of hydrogen-bond acceptors (Lipinski definition) is 3. The van der Waals surface area contributed by atoms with E-state index in [4.69, 9.17) is 0 Å². The number of nitrogens with one attached hydrogen (secondary N) is 2. The molecule has 0 saturated carbocycles. The zero-order valence-electron chi connectivity index (χ0n) is 15.1. The molecule has 0 radical (unpaired) electrons. The molecule has 0 bridgehead atoms. The van der Waals surface area contributed by atoms with Crippen LogP contribution in [0.3, 0.4) is 0 Å². The topological polar surface area (TPSA) is 83.0 Å². The Morgan fingerprint density at radius 3 is 2.43 bits per heavy atom. The third-order valence-electron chi connectivity index (χ3n) is 4.90. The number of para-hydroxylation sites is 1. The van der Waals surface area contributed by atoms with Gasteiger partial charge in [-0.3, -0.25) is 4.98 Å². The molecule has 2 amide bonds. The predicted molar refractivity (Wildman–Crippen MR) is 103 cm³/mol. The maximum atomic E-state index is 13.1. The number of benzene rings is 2. The van der Waals surface area contributed by atoms with Gasteiger partial charge < -0.3 is 10.2 Å². The molecule has 1 saturated heterocycles. The van der Waals surface area contributed by atoms with Crippen LogP contribution in [0, 0.1) is 5.82 Å². The van der Waals surface area contributed by atoms with Crippen LogP contribution >= 0.6 is 0 Å². The molecular weight excluding hydrogens is 361 g/mol. The summed E-state index contributed by atoms with van der Waals surface area (Å²) in [5.74, 6) is 0.293. The van der Waals surface area contributed by atoms with Crippen molar-refractivity contribution in [3.8, 4) is 5.69 Å². The van der Waals surface area contributed by atoms with Gasteiger partial charge in [-0.2, -0.15) is 4.68 Å². The van der Waals surface area contributed by atoms with Gasteiger partial charge in [0.05, 0.1) is 5.69 Å². The van der Waals surface area contributed by atoms with E-state index in [1.54, 1.807) is 4.90 Å². The summed E-state index contributed by atoms with van der Waals surface area (Å²) in [5.41, 5.74) is 0.913. The van der Waals surface area contributed by atoms with E-state index in [1.807, 2.05) is 30.3 Å². The van der Waals surface area contributed by atoms with Gasteiger partial charge in [0, 0.05) is 24.7 Å². The van der Waals surface area contributed by atoms with Crippen molar-refractivity contribution in [2.24, 2.45) is 0 Å². The van der Waals surface area contributed by atoms with Gasteiger partial charge in [-0.25, -0.2) is 14.0 Å². The fourth-order valence-electron chi connectivity index (χ4n) is 3.36. The van der Waals surface area contributed by atoms with Gasteiger partial charge in [0.15, 0.2) is 0 Å². The zero-order chi connectivity index (χ0) is 19.5. The minimum atomic E-state index is -0.367. The molecule has 0 atom stereocenters. The monoisotopic (exact) mass is 381 g/mol. The second-order valence-corrected chi connectivity index (χ2v) is 6.76. The average Bonchev–Trinajstić information content (AvgIpc) is 3.11. The number of piperidine rings is 1. The van der Waals surface area contributed by atoms with Gasteiger partial charge in [0.2, 0.25) is 0 Å². The first-order valence-corrected chi connectivity index (χ1v) is 9.16. The Bertz CT molecular complexity index is 1010. The summed E-state index contributed by atoms with van der Waals surface area (Å²) in [6.07, 6.45) is 1.41. The first kappa shape index (κ1) is 18.0. The Morgan fingerprint density at radius 1 is 1.07 bits per heavy atom. The number of nitrogens with zero attached hydrogens (tertiary/aromatic N) is 3. The highest BCUT2D eigenvalue weighted by Gasteiger charge is 2.26. The Balaban J connectivity index is 1.40. The summed E-state index contributed by atoms with van der Waals surface area (Å²) in [4.78, 5) is 29.2. The highest BCUT2D eigenvalue weighted by atomic mass is 19.1. The van der Waals surface area contributed by atoms with Crippen LogP contribution in [0.25, 0.3) is 5.69 Å². The number of hydrogen-bond donors (Lipinski definition) is 2. The van der Waals surface area contributed by atoms with Gasteiger partial charge in [-0.1, -0.05) is 18.2 Å². The summed E-state index contributed by atoms with van der Waals surface area (Å²) in [6.45, 7) is 1.16. The van der Waals surface area contributed by atoms with Crippen LogP contribution in [0.2, 0.25) is 0 Å². The molecule has 0 spiro atoms. The van der Waals surface area contributed by atoms with Crippen LogP contribution in [0.5, 0.6) is 0 Å². The molecule has 28 heavy (non-hydrogen) atoms. The lowest BCUT2D eigenvalue weighted by Crippen LogP contribution is -2.40. The number of H-pyrrole nitrogens is 1. The molecule has 0 unspecified atom stereocenters. The number of aromatic nitrogens is 3. The quantitative estimate of drug-likeness (QED) is 0.731. The minimum absolute atomic E-state index is 0.0650. The smallest absolute Gasteiger partial charge is 0.324 e. The summed E-state index contributed by atoms with van der Waals surface area (Å²) in [7, 11) is 0. The fraction of sp³-hybridized carbons (Fsp3) is 0.250. The molecule has 0 aliphatic carbocycles. The number of carbonyl (C=O) groups is 1. The molecular formula is C20H20FN5O2. The highest BCUT2D eigenvalue weighted by Crippen LogP contribution is 2.25. The number of anilines is 1. The molecule has 1 fully saturated rings. The predicted octanol–water partition coefficient (Wildman–Crippen LogP) is 3.11. The van der Waals surface area contributed by atoms with Crippen LogP contribution in [-0.2, 0) is 0 Å². The molecule has 4 rings (SSSR count). The molecule has 2 heterocycles. The van der Waals surface area contributed by atoms with E-state index >= 15 is 0 Å². The summed E-state index contributed by atoms with van der Waals surface area (Å²) < 4.78 is 14.3. The van der Waals surface area contributed by atoms with Gasteiger partial charge in [0.1, 0.15) is 11.6 Å². The molecule has 1 aliphatic rings. The summed E-state index contributed by atoms with van der Waals surface area (Å²) in [5, 5.41) is 7.26. The second kappa shape index (κ2) is 7.67. The summed E-state index contributed by atoms with van der Waals surface area (Å²) >= 11 is 0. The van der Waals surface area contributed by atoms with Crippen molar-refractivity contribution in [1.82, 2.24) is 19.7 Å². The van der Waals surface area contributed by atoms with Gasteiger partial charge >= 0.3 is 11.7 Å². The van der Waals surface area contributed by atoms with Gasteiger partial charge in [-0.05, 0) is 49.2 Å². The van der Waals surface area contributed by atoms with Crippen molar-refractivity contribution in [3.05, 3.63) is 76.7 Å². The maximum Gasteiger partial charge on any atom is 0.348 e. The number of aromatic amines is 1. The SMILES string of the molecule is O=C(Nc1ccccc1)N1CCC(c2nn(-c3ccc(F)cc3)c(=O)[nH]2)CC1. The fourth-order valence-corrected chi connectivity index (χ4v) is 3.36. The lowest BCUT2D eigenvalue weighted by Gasteiger charge is -2.31. The number of urea groups is 1. The lowest BCUT2D eigenvalue weighted by atomic mass is 9.96. The van der Waals surface area contributed by atoms with Gasteiger partial charge in [-0.15, -0.1) is 5.10 Å². The maximum absolute atomic E-state index is 13.1. The Hall–Kier alpha value is -3.42. The Morgan fingerprint density at radius 2 is 1.75 bits per heavy atom. The number of likely N-dealkylation sites (tertiary alicyclic amines) is 1. The van der Waals surface area contributed by atoms with E-state index in [9.17, 15) is 14.0 Å². The highest BCUT2D eigenvalue weighted by molar-refractivity contribution is 5.89. The zero-order valence-corrected chi connectivity index (χ0v) is 15.1. The standard InChI is InChI=1S/C20H20FN5O2/c21-15-6-8-17(9-7-15)26-20(28)23-18(24-26)14-10-12-25(13-11-14)19(27)22-16-4-2-1-3-5-16/h1-9,14H,10-13H2,(H,22,27)(H,23,24,28). The molecule has 3 aromatic rings. The molecule has 2 N–H and O–H groups in total. The Labute approximate surface area is 160 Å². The van der Waals surface area contributed by atoms with E-state index in [-0.39, 0.29) is 23.5 Å². The van der Waals surface area contributed by atoms with E-state index < -0.39 is 0 Å². The van der Waals surface area contributed by atoms with Crippen LogP contribution in [0.1, 0.15) is 24.6 Å². The van der Waals surface area contributed by atoms with Gasteiger partial charge in [0.25, 0.3) is 0 Å². The van der Waals surface area contributed by atoms with E-state index in [1.165, 1.54) is 28.9 Å². The van der Waals surface area contributed by atoms with E-state index in [0.29, 0.717) is 37.4 Å². The van der Waals surface area contributed by atoms with Crippen LogP contribution < -0.4 is 11.0 Å². The molecule has 7 nitrogen and oxygen atoms in total. The van der Waals surface area contributed by atoms with Crippen molar-refractivity contribution in [3.63, 3.8) is 0 Å². The summed E-state index contributed by atoms with van der Waals surface area (Å²) in [6, 6.07) is 14.8. The normalized spacial score (nSPS) is 14.8. The molecule has 2 aromatic carbocycles. The van der Waals surface area contributed by atoms with Crippen LogP contribution in [-0.4, -0.2) is 38.8 Å². The largest absolute Gasteiger partial charge is 0.348 e. The van der Waals surface area contributed by atoms with Crippen molar-refractivity contribution < 1.29 is 9.18 Å². The van der Waals surface area contributed by atoms with Crippen molar-refractivity contribution in [2.45, 2.75) is 18.8 Å². The first-order valence-electron chi connectivity index (χ1n) is 9.16. The van der Waals surface area contributed by atoms with Crippen LogP contribution in [0.4, 0.5) is 14.9 Å². The van der Waals surface area contributed by atoms with E-state index in [0.717, 1.165) is 5.69 Å².